The summed E-state index contributed by atoms with van der Waals surface area (Å²) in [6.45, 7) is 3.02. The maximum atomic E-state index is 9.13. The predicted molar refractivity (Wildman–Crippen MR) is 91.1 cm³/mol. The Labute approximate surface area is 136 Å². The van der Waals surface area contributed by atoms with Gasteiger partial charge in [-0.25, -0.2) is 0 Å². The van der Waals surface area contributed by atoms with Gasteiger partial charge in [0.2, 0.25) is 0 Å². The fourth-order valence-corrected chi connectivity index (χ4v) is 3.39. The fraction of sp³-hybridized carbons (Fsp3) is 0.316. The van der Waals surface area contributed by atoms with E-state index in [1.54, 1.807) is 0 Å². The van der Waals surface area contributed by atoms with E-state index in [9.17, 15) is 0 Å². The first-order valence-electron chi connectivity index (χ1n) is 8.15. The molecule has 0 bridgehead atoms. The van der Waals surface area contributed by atoms with E-state index in [4.69, 9.17) is 5.26 Å². The maximum Gasteiger partial charge on any atom is 0.0991 e. The number of fused-ring (bicyclic) bond motifs is 1. The normalized spacial score (nSPS) is 26.0. The molecule has 0 aromatic heterocycles. The van der Waals surface area contributed by atoms with E-state index in [1.165, 1.54) is 11.3 Å². The van der Waals surface area contributed by atoms with Crippen LogP contribution in [0.1, 0.15) is 11.1 Å². The summed E-state index contributed by atoms with van der Waals surface area (Å²) in [6.07, 6.45) is 8.87. The molecule has 0 amide bonds. The number of hydrogen-bond acceptors (Lipinski definition) is 4. The summed E-state index contributed by atoms with van der Waals surface area (Å²) in [5.74, 6) is 0.862. The van der Waals surface area contributed by atoms with Gasteiger partial charge in [-0.05, 0) is 35.5 Å². The first-order valence-corrected chi connectivity index (χ1v) is 8.15. The highest BCUT2D eigenvalue weighted by atomic mass is 15.1. The molecule has 3 N–H and O–H groups in total. The maximum absolute atomic E-state index is 9.13. The Morgan fingerprint density at radius 1 is 1.22 bits per heavy atom. The Hall–Kier alpha value is -2.51. The smallest absolute Gasteiger partial charge is 0.0991 e. The zero-order chi connectivity index (χ0) is 15.6. The largest absolute Gasteiger partial charge is 0.390 e. The average molecular weight is 304 g/mol. The highest BCUT2D eigenvalue weighted by Crippen LogP contribution is 2.34. The molecule has 1 fully saturated rings. The van der Waals surface area contributed by atoms with Crippen LogP contribution in [0.2, 0.25) is 0 Å². The number of nitriles is 1. The molecule has 0 radical (unpaired) electrons. The van der Waals surface area contributed by atoms with Gasteiger partial charge in [-0.1, -0.05) is 24.3 Å². The average Bonchev–Trinajstić information content (AvgIpc) is 2.57. The summed E-state index contributed by atoms with van der Waals surface area (Å²) in [7, 11) is 0. The van der Waals surface area contributed by atoms with Gasteiger partial charge in [0.05, 0.1) is 17.7 Å². The van der Waals surface area contributed by atoms with Crippen LogP contribution in [0.5, 0.6) is 0 Å². The molecule has 1 aromatic rings. The van der Waals surface area contributed by atoms with E-state index >= 15 is 0 Å². The predicted octanol–water partition coefficient (Wildman–Crippen LogP) is 1.75. The Morgan fingerprint density at radius 2 is 2.13 bits per heavy atom. The van der Waals surface area contributed by atoms with Gasteiger partial charge >= 0.3 is 0 Å². The van der Waals surface area contributed by atoms with Crippen molar-refractivity contribution in [1.82, 2.24) is 16.0 Å². The molecule has 4 rings (SSSR count). The monoisotopic (exact) mass is 304 g/mol. The van der Waals surface area contributed by atoms with E-state index in [0.717, 1.165) is 25.2 Å². The van der Waals surface area contributed by atoms with Gasteiger partial charge in [-0.3, -0.25) is 0 Å². The second-order valence-electron chi connectivity index (χ2n) is 6.37. The lowest BCUT2D eigenvalue weighted by molar-refractivity contribution is 0.356. The van der Waals surface area contributed by atoms with Crippen molar-refractivity contribution in [2.75, 3.05) is 19.6 Å². The van der Waals surface area contributed by atoms with Crippen LogP contribution in [0.25, 0.3) is 5.57 Å². The molecular formula is C19H20N4. The molecule has 0 spiro atoms. The molecule has 2 heterocycles. The molecule has 2 atom stereocenters. The highest BCUT2D eigenvalue weighted by molar-refractivity contribution is 5.77. The van der Waals surface area contributed by atoms with E-state index < -0.39 is 0 Å². The molecule has 1 aromatic carbocycles. The lowest BCUT2D eigenvalue weighted by Crippen LogP contribution is -2.56. The zero-order valence-electron chi connectivity index (χ0n) is 12.9. The molecule has 2 unspecified atom stereocenters. The third-order valence-corrected chi connectivity index (χ3v) is 4.80. The van der Waals surface area contributed by atoms with Gasteiger partial charge in [0, 0.05) is 37.2 Å². The van der Waals surface area contributed by atoms with Crippen LogP contribution in [0.4, 0.5) is 0 Å². The number of rotatable bonds is 3. The Balaban J connectivity index is 1.69. The van der Waals surface area contributed by atoms with Gasteiger partial charge in [-0.15, -0.1) is 0 Å². The third-order valence-electron chi connectivity index (χ3n) is 4.80. The standard InChI is InChI=1S/C19H20N4/c20-9-13-2-1-3-14(6-13)16-7-15-4-5-21-12-18(15)19(8-16)23-17-10-22-11-17/h1-8,15,17-18,21-23H,10-12H2. The van der Waals surface area contributed by atoms with Crippen LogP contribution < -0.4 is 16.0 Å². The van der Waals surface area contributed by atoms with E-state index in [2.05, 4.69) is 52.5 Å². The topological polar surface area (TPSA) is 59.9 Å². The number of benzene rings is 1. The van der Waals surface area contributed by atoms with E-state index in [1.807, 2.05) is 18.2 Å². The number of nitrogens with one attached hydrogen (secondary N) is 3. The summed E-state index contributed by atoms with van der Waals surface area (Å²) >= 11 is 0. The lowest BCUT2D eigenvalue weighted by atomic mass is 9.79. The van der Waals surface area contributed by atoms with Crippen LogP contribution in [-0.2, 0) is 0 Å². The van der Waals surface area contributed by atoms with E-state index in [0.29, 0.717) is 23.4 Å². The third kappa shape index (κ3) is 2.76. The number of allylic oxidation sites excluding steroid dienone is 4. The van der Waals surface area contributed by atoms with Crippen LogP contribution in [0.3, 0.4) is 0 Å². The Kier molecular flexibility index (Phi) is 3.64. The highest BCUT2D eigenvalue weighted by Gasteiger charge is 2.30. The van der Waals surface area contributed by atoms with Crippen molar-refractivity contribution >= 4 is 5.57 Å². The fourth-order valence-electron chi connectivity index (χ4n) is 3.39. The quantitative estimate of drug-likeness (QED) is 0.796. The Bertz CT molecular complexity index is 734. The van der Waals surface area contributed by atoms with Gasteiger partial charge < -0.3 is 16.0 Å². The van der Waals surface area contributed by atoms with Gasteiger partial charge in [0.25, 0.3) is 0 Å². The van der Waals surface area contributed by atoms with Crippen molar-refractivity contribution in [3.8, 4) is 6.07 Å². The molecule has 23 heavy (non-hydrogen) atoms. The molecule has 0 saturated carbocycles. The van der Waals surface area contributed by atoms with Crippen LogP contribution >= 0.6 is 0 Å². The Morgan fingerprint density at radius 3 is 2.91 bits per heavy atom. The number of hydrogen-bond donors (Lipinski definition) is 3. The second-order valence-corrected chi connectivity index (χ2v) is 6.37. The van der Waals surface area contributed by atoms with Crippen molar-refractivity contribution in [1.29, 1.82) is 5.26 Å². The second kappa shape index (κ2) is 5.94. The van der Waals surface area contributed by atoms with Gasteiger partial charge in [-0.2, -0.15) is 5.26 Å². The molecule has 2 aliphatic heterocycles. The van der Waals surface area contributed by atoms with Crippen molar-refractivity contribution < 1.29 is 0 Å². The molecular weight excluding hydrogens is 284 g/mol. The summed E-state index contributed by atoms with van der Waals surface area (Å²) in [5.41, 5.74) is 4.32. The van der Waals surface area contributed by atoms with E-state index in [-0.39, 0.29) is 0 Å². The molecule has 1 aliphatic carbocycles. The number of nitrogens with zero attached hydrogens (tertiary/aromatic N) is 1. The zero-order valence-corrected chi connectivity index (χ0v) is 12.9. The summed E-state index contributed by atoms with van der Waals surface area (Å²) in [5, 5.41) is 19.5. The minimum Gasteiger partial charge on any atom is -0.390 e. The minimum atomic E-state index is 0.400. The van der Waals surface area contributed by atoms with Crippen LogP contribution in [-0.4, -0.2) is 25.7 Å². The summed E-state index contributed by atoms with van der Waals surface area (Å²) in [6, 6.07) is 10.6. The summed E-state index contributed by atoms with van der Waals surface area (Å²) < 4.78 is 0. The van der Waals surface area contributed by atoms with Gasteiger partial charge in [0.15, 0.2) is 0 Å². The summed E-state index contributed by atoms with van der Waals surface area (Å²) in [4.78, 5) is 0. The van der Waals surface area contributed by atoms with Crippen molar-refractivity contribution in [3.63, 3.8) is 0 Å². The van der Waals surface area contributed by atoms with Crippen molar-refractivity contribution in [2.45, 2.75) is 6.04 Å². The molecule has 4 nitrogen and oxygen atoms in total. The lowest BCUT2D eigenvalue weighted by Gasteiger charge is -2.38. The first-order chi connectivity index (χ1) is 11.3. The molecule has 1 saturated heterocycles. The minimum absolute atomic E-state index is 0.400. The molecule has 116 valence electrons. The SMILES string of the molecule is N#Cc1cccc(C2=CC3C=CNCC3C(NC3CNC3)=C2)c1. The van der Waals surface area contributed by atoms with Crippen LogP contribution in [0.15, 0.2) is 54.4 Å². The van der Waals surface area contributed by atoms with Crippen LogP contribution in [0, 0.1) is 23.2 Å². The molecule has 4 heteroatoms. The van der Waals surface area contributed by atoms with Gasteiger partial charge in [0.1, 0.15) is 0 Å². The molecule has 3 aliphatic rings. The first kappa shape index (κ1) is 14.1. The van der Waals surface area contributed by atoms with Crippen molar-refractivity contribution in [3.05, 3.63) is 65.5 Å². The van der Waals surface area contributed by atoms with Crippen molar-refractivity contribution in [2.24, 2.45) is 11.8 Å².